The second-order valence-corrected chi connectivity index (χ2v) is 16.2. The van der Waals surface area contributed by atoms with Crippen molar-refractivity contribution < 1.29 is 21.6 Å². The lowest BCUT2D eigenvalue weighted by atomic mass is 10.0. The summed E-state index contributed by atoms with van der Waals surface area (Å²) < 4.78 is 64.6. The summed E-state index contributed by atoms with van der Waals surface area (Å²) in [5.41, 5.74) is 4.01. The number of hydrogen-bond donors (Lipinski definition) is 3. The molecular weight excluding hydrogens is 690 g/mol. The molecule has 4 aromatic rings. The molecule has 6 rings (SSSR count). The van der Waals surface area contributed by atoms with Gasteiger partial charge in [-0.2, -0.15) is 23.4 Å². The Morgan fingerprint density at radius 1 is 1.08 bits per heavy atom. The molecule has 1 atom stereocenters. The molecule has 2 aliphatic rings. The van der Waals surface area contributed by atoms with Crippen molar-refractivity contribution in [3.63, 3.8) is 0 Å². The number of piperidine rings is 1. The van der Waals surface area contributed by atoms with Gasteiger partial charge in [0.2, 0.25) is 16.0 Å². The summed E-state index contributed by atoms with van der Waals surface area (Å²) in [5.74, 6) is 0.927. The number of piperazine rings is 1. The van der Waals surface area contributed by atoms with E-state index in [0.717, 1.165) is 79.6 Å². The van der Waals surface area contributed by atoms with E-state index in [4.69, 9.17) is 0 Å². The van der Waals surface area contributed by atoms with Crippen LogP contribution in [0.2, 0.25) is 0 Å². The molecule has 3 aromatic heterocycles. The van der Waals surface area contributed by atoms with Gasteiger partial charge >= 0.3 is 6.18 Å². The number of anilines is 2. The smallest absolute Gasteiger partial charge is 0.367 e. The number of hydrazine groups is 1. The highest BCUT2D eigenvalue weighted by atomic mass is 32.2. The van der Waals surface area contributed by atoms with Gasteiger partial charge in [0, 0.05) is 87.3 Å². The van der Waals surface area contributed by atoms with Gasteiger partial charge in [-0.1, -0.05) is 6.07 Å². The predicted molar refractivity (Wildman–Crippen MR) is 191 cm³/mol. The third-order valence-electron chi connectivity index (χ3n) is 9.62. The minimum atomic E-state index is -4.29. The summed E-state index contributed by atoms with van der Waals surface area (Å²) >= 11 is 1.05. The number of sulfonamides is 1. The molecule has 0 spiro atoms. The molecule has 12 nitrogen and oxygen atoms in total. The molecule has 0 saturated carbocycles. The van der Waals surface area contributed by atoms with Gasteiger partial charge < -0.3 is 15.2 Å². The van der Waals surface area contributed by atoms with Crippen LogP contribution in [0.1, 0.15) is 41.5 Å². The molecule has 0 radical (unpaired) electrons. The van der Waals surface area contributed by atoms with Gasteiger partial charge in [-0.15, -0.1) is 16.2 Å². The first kappa shape index (κ1) is 36.3. The molecule has 0 unspecified atom stereocenters. The molecule has 2 saturated heterocycles. The molecule has 2 fully saturated rings. The lowest BCUT2D eigenvalue weighted by Crippen LogP contribution is -2.55. The first-order chi connectivity index (χ1) is 23.7. The highest BCUT2D eigenvalue weighted by Crippen LogP contribution is 2.35. The van der Waals surface area contributed by atoms with Crippen LogP contribution >= 0.6 is 11.3 Å². The summed E-state index contributed by atoms with van der Waals surface area (Å²) in [4.78, 5) is 17.0. The highest BCUT2D eigenvalue weighted by Gasteiger charge is 2.30. The number of rotatable bonds is 11. The van der Waals surface area contributed by atoms with Crippen LogP contribution in [-0.2, 0) is 29.5 Å². The lowest BCUT2D eigenvalue weighted by molar-refractivity contribution is -0.126. The SMILES string of the molecule is CNc1nc(NC2CCN(Cc3ccc4c(cc(C#N)n4C[C@H](C)N4CCN(NS(C)(=O)=O)CC4)c3C)CC2)c2cc(CC(F)(F)F)sc2n1. The van der Waals surface area contributed by atoms with E-state index in [2.05, 4.69) is 71.8 Å². The normalized spacial score (nSPS) is 18.1. The summed E-state index contributed by atoms with van der Waals surface area (Å²) in [6, 6.07) is 10.5. The molecular formula is C33H43F3N10O2S2. The van der Waals surface area contributed by atoms with Crippen molar-refractivity contribution in [2.75, 3.05) is 63.2 Å². The van der Waals surface area contributed by atoms with Gasteiger partial charge in [0.05, 0.1) is 18.1 Å². The van der Waals surface area contributed by atoms with Crippen molar-refractivity contribution in [3.05, 3.63) is 46.0 Å². The number of thiophene rings is 1. The van der Waals surface area contributed by atoms with E-state index in [1.165, 1.54) is 5.56 Å². The van der Waals surface area contributed by atoms with Crippen LogP contribution in [0, 0.1) is 18.3 Å². The summed E-state index contributed by atoms with van der Waals surface area (Å²) in [5, 5.41) is 19.9. The Balaban J connectivity index is 1.09. The molecule has 270 valence electrons. The predicted octanol–water partition coefficient (Wildman–Crippen LogP) is 4.52. The van der Waals surface area contributed by atoms with Crippen molar-refractivity contribution >= 4 is 54.2 Å². The Morgan fingerprint density at radius 2 is 1.80 bits per heavy atom. The van der Waals surface area contributed by atoms with Crippen LogP contribution < -0.4 is 15.5 Å². The first-order valence-corrected chi connectivity index (χ1v) is 19.4. The largest absolute Gasteiger partial charge is 0.393 e. The molecule has 0 amide bonds. The molecule has 5 heterocycles. The van der Waals surface area contributed by atoms with E-state index >= 15 is 0 Å². The average molecular weight is 733 g/mol. The van der Waals surface area contributed by atoms with E-state index < -0.39 is 22.6 Å². The number of nitrogens with zero attached hydrogens (tertiary/aromatic N) is 7. The van der Waals surface area contributed by atoms with Crippen LogP contribution in [0.4, 0.5) is 24.9 Å². The summed E-state index contributed by atoms with van der Waals surface area (Å²) in [6.07, 6.45) is -2.41. The van der Waals surface area contributed by atoms with Crippen LogP contribution in [0.3, 0.4) is 0 Å². The second kappa shape index (κ2) is 14.6. The number of nitrogens with one attached hydrogen (secondary N) is 3. The van der Waals surface area contributed by atoms with E-state index in [1.54, 1.807) is 18.1 Å². The minimum absolute atomic E-state index is 0.122. The van der Waals surface area contributed by atoms with Crippen molar-refractivity contribution in [3.8, 4) is 6.07 Å². The van der Waals surface area contributed by atoms with Crippen molar-refractivity contribution in [2.24, 2.45) is 0 Å². The fourth-order valence-electron chi connectivity index (χ4n) is 7.00. The summed E-state index contributed by atoms with van der Waals surface area (Å²) in [6.45, 7) is 9.99. The van der Waals surface area contributed by atoms with Crippen LogP contribution in [0.15, 0.2) is 24.3 Å². The third kappa shape index (κ3) is 8.49. The number of nitriles is 1. The number of benzene rings is 1. The van der Waals surface area contributed by atoms with E-state index in [-0.39, 0.29) is 17.0 Å². The molecule has 2 aliphatic heterocycles. The Labute approximate surface area is 294 Å². The molecule has 17 heteroatoms. The number of halogens is 3. The first-order valence-electron chi connectivity index (χ1n) is 16.7. The molecule has 3 N–H and O–H groups in total. The zero-order valence-electron chi connectivity index (χ0n) is 28.6. The standard InChI is InChI=1S/C33H43F3N10O2S2/c1-21(44-11-13-45(14-12-44)42-50(4,47)48)19-46-25(18-37)15-27-22(2)23(5-6-29(27)46)20-43-9-7-24(8-10-43)39-30-28-16-26(17-33(34,35)36)49-31(28)41-32(38-3)40-30/h5-6,15-16,21,24,42H,7-14,17,19-20H2,1-4H3,(H2,38,39,40,41)/t21-/m0/s1. The van der Waals surface area contributed by atoms with Crippen LogP contribution in [0.5, 0.6) is 0 Å². The van der Waals surface area contributed by atoms with Gasteiger partial charge in [0.1, 0.15) is 22.4 Å². The topological polar surface area (TPSA) is 134 Å². The third-order valence-corrected chi connectivity index (χ3v) is 11.2. The number of aromatic nitrogens is 3. The van der Waals surface area contributed by atoms with Crippen molar-refractivity contribution in [1.29, 1.82) is 5.26 Å². The van der Waals surface area contributed by atoms with Crippen molar-refractivity contribution in [1.82, 2.24) is 34.2 Å². The van der Waals surface area contributed by atoms with Crippen molar-refractivity contribution in [2.45, 2.75) is 64.5 Å². The Bertz CT molecular complexity index is 1990. The van der Waals surface area contributed by atoms with Gasteiger partial charge in [0.25, 0.3) is 0 Å². The van der Waals surface area contributed by atoms with Crippen LogP contribution in [-0.4, -0.2) is 109 Å². The molecule has 0 aliphatic carbocycles. The van der Waals surface area contributed by atoms with E-state index in [1.807, 2.05) is 6.07 Å². The number of fused-ring (bicyclic) bond motifs is 2. The minimum Gasteiger partial charge on any atom is -0.367 e. The average Bonchev–Trinajstić information content (AvgIpc) is 3.62. The number of likely N-dealkylation sites (tertiary alicyclic amines) is 1. The quantitative estimate of drug-likeness (QED) is 0.202. The number of alkyl halides is 3. The molecule has 1 aromatic carbocycles. The van der Waals surface area contributed by atoms with Gasteiger partial charge in [-0.05, 0) is 56.0 Å². The zero-order chi connectivity index (χ0) is 35.8. The van der Waals surface area contributed by atoms with E-state index in [0.29, 0.717) is 47.3 Å². The molecule has 0 bridgehead atoms. The maximum atomic E-state index is 13.1. The number of aryl methyl sites for hydroxylation is 1. The fraction of sp³-hybridized carbons (Fsp3) is 0.545. The number of hydrogen-bond acceptors (Lipinski definition) is 11. The van der Waals surface area contributed by atoms with E-state index in [9.17, 15) is 26.9 Å². The highest BCUT2D eigenvalue weighted by molar-refractivity contribution is 7.88. The molecule has 50 heavy (non-hydrogen) atoms. The monoisotopic (exact) mass is 732 g/mol. The maximum Gasteiger partial charge on any atom is 0.393 e. The maximum absolute atomic E-state index is 13.1. The van der Waals surface area contributed by atoms with Gasteiger partial charge in [0.15, 0.2) is 0 Å². The summed E-state index contributed by atoms with van der Waals surface area (Å²) in [7, 11) is -1.61. The lowest BCUT2D eigenvalue weighted by Gasteiger charge is -2.37. The Hall–Kier alpha value is -3.53. The second-order valence-electron chi connectivity index (χ2n) is 13.3. The zero-order valence-corrected chi connectivity index (χ0v) is 30.3. The van der Waals surface area contributed by atoms with Gasteiger partial charge in [-0.25, -0.2) is 18.4 Å². The fourth-order valence-corrected chi connectivity index (χ4v) is 8.71. The Morgan fingerprint density at radius 3 is 2.44 bits per heavy atom. The van der Waals surface area contributed by atoms with Crippen LogP contribution in [0.25, 0.3) is 21.1 Å². The Kier molecular flexibility index (Phi) is 10.6. The van der Waals surface area contributed by atoms with Gasteiger partial charge in [-0.3, -0.25) is 9.80 Å².